The number of amides is 1. The van der Waals surface area contributed by atoms with Crippen LogP contribution in [0.2, 0.25) is 0 Å². The van der Waals surface area contributed by atoms with Gasteiger partial charge in [-0.3, -0.25) is 15.2 Å². The van der Waals surface area contributed by atoms with Gasteiger partial charge >= 0.3 is 6.09 Å². The molecular formula is C12H11N3O3. The maximum absolute atomic E-state index is 11.0. The molecule has 2 aromatic rings. The molecule has 0 bridgehead atoms. The Kier molecular flexibility index (Phi) is 3.38. The van der Waals surface area contributed by atoms with Crippen LogP contribution in [0, 0.1) is 0 Å². The van der Waals surface area contributed by atoms with Gasteiger partial charge in [-0.1, -0.05) is 12.1 Å². The van der Waals surface area contributed by atoms with Gasteiger partial charge in [0.05, 0.1) is 12.7 Å². The molecule has 1 heterocycles. The molecule has 0 fully saturated rings. The molecule has 1 aromatic carbocycles. The SMILES string of the molecule is COC(=O)Nc1ccc(-c2n[nH]cc2C=O)cc1. The summed E-state index contributed by atoms with van der Waals surface area (Å²) in [5.74, 6) is 0. The van der Waals surface area contributed by atoms with Crippen molar-refractivity contribution in [3.8, 4) is 11.3 Å². The summed E-state index contributed by atoms with van der Waals surface area (Å²) in [6.45, 7) is 0. The first-order chi connectivity index (χ1) is 8.74. The molecule has 92 valence electrons. The van der Waals surface area contributed by atoms with E-state index < -0.39 is 6.09 Å². The zero-order valence-corrected chi connectivity index (χ0v) is 9.64. The zero-order valence-electron chi connectivity index (χ0n) is 9.64. The van der Waals surface area contributed by atoms with E-state index in [-0.39, 0.29) is 0 Å². The van der Waals surface area contributed by atoms with Crippen molar-refractivity contribution in [2.45, 2.75) is 0 Å². The average Bonchev–Trinajstić information content (AvgIpc) is 2.87. The Bertz CT molecular complexity index is 560. The van der Waals surface area contributed by atoms with Crippen molar-refractivity contribution in [2.24, 2.45) is 0 Å². The van der Waals surface area contributed by atoms with Crippen molar-refractivity contribution in [3.05, 3.63) is 36.0 Å². The molecule has 18 heavy (non-hydrogen) atoms. The molecule has 6 nitrogen and oxygen atoms in total. The molecular weight excluding hydrogens is 234 g/mol. The summed E-state index contributed by atoms with van der Waals surface area (Å²) in [6, 6.07) is 6.92. The number of aromatic nitrogens is 2. The first-order valence-electron chi connectivity index (χ1n) is 5.19. The Morgan fingerprint density at radius 3 is 2.72 bits per heavy atom. The summed E-state index contributed by atoms with van der Waals surface area (Å²) in [5.41, 5.74) is 2.46. The van der Waals surface area contributed by atoms with Gasteiger partial charge < -0.3 is 4.74 Å². The zero-order chi connectivity index (χ0) is 13.0. The fourth-order valence-electron chi connectivity index (χ4n) is 1.50. The molecule has 1 amide bonds. The lowest BCUT2D eigenvalue weighted by molar-refractivity contribution is 0.112. The van der Waals surface area contributed by atoms with Crippen molar-refractivity contribution >= 4 is 18.1 Å². The molecule has 0 saturated heterocycles. The Morgan fingerprint density at radius 1 is 1.39 bits per heavy atom. The van der Waals surface area contributed by atoms with Gasteiger partial charge in [0.2, 0.25) is 0 Å². The lowest BCUT2D eigenvalue weighted by atomic mass is 10.1. The second kappa shape index (κ2) is 5.13. The molecule has 6 heteroatoms. The van der Waals surface area contributed by atoms with E-state index in [0.717, 1.165) is 11.8 Å². The highest BCUT2D eigenvalue weighted by Crippen LogP contribution is 2.21. The standard InChI is InChI=1S/C12H11N3O3/c1-18-12(17)14-10-4-2-8(3-5-10)11-9(7-16)6-13-15-11/h2-7H,1H3,(H,13,15)(H,14,17). The quantitative estimate of drug-likeness (QED) is 0.811. The third-order valence-electron chi connectivity index (χ3n) is 2.39. The number of H-pyrrole nitrogens is 1. The molecule has 0 spiro atoms. The van der Waals surface area contributed by atoms with E-state index in [1.54, 1.807) is 24.3 Å². The molecule has 0 aliphatic carbocycles. The maximum Gasteiger partial charge on any atom is 0.411 e. The van der Waals surface area contributed by atoms with E-state index >= 15 is 0 Å². The van der Waals surface area contributed by atoms with Gasteiger partial charge in [-0.05, 0) is 12.1 Å². The number of carbonyl (C=O) groups excluding carboxylic acids is 2. The summed E-state index contributed by atoms with van der Waals surface area (Å²) in [4.78, 5) is 21.8. The number of anilines is 1. The van der Waals surface area contributed by atoms with Crippen molar-refractivity contribution in [1.29, 1.82) is 0 Å². The highest BCUT2D eigenvalue weighted by molar-refractivity contribution is 5.87. The Hall–Kier alpha value is -2.63. The number of ether oxygens (including phenoxy) is 1. The molecule has 0 saturated carbocycles. The van der Waals surface area contributed by atoms with Gasteiger partial charge in [0, 0.05) is 17.4 Å². The minimum absolute atomic E-state index is 0.490. The lowest BCUT2D eigenvalue weighted by Gasteiger charge is -2.04. The van der Waals surface area contributed by atoms with Gasteiger partial charge in [-0.25, -0.2) is 4.79 Å². The third-order valence-corrected chi connectivity index (χ3v) is 2.39. The van der Waals surface area contributed by atoms with Gasteiger partial charge in [-0.15, -0.1) is 0 Å². The van der Waals surface area contributed by atoms with E-state index in [1.807, 2.05) is 0 Å². The summed E-state index contributed by atoms with van der Waals surface area (Å²) < 4.78 is 4.48. The Balaban J connectivity index is 2.22. The smallest absolute Gasteiger partial charge is 0.411 e. The van der Waals surface area contributed by atoms with Crippen LogP contribution in [0.15, 0.2) is 30.5 Å². The Morgan fingerprint density at radius 2 is 2.11 bits per heavy atom. The number of benzene rings is 1. The number of carbonyl (C=O) groups is 2. The van der Waals surface area contributed by atoms with Crippen LogP contribution in [-0.4, -0.2) is 29.7 Å². The number of aromatic amines is 1. The van der Waals surface area contributed by atoms with E-state index in [9.17, 15) is 9.59 Å². The van der Waals surface area contributed by atoms with Crippen LogP contribution < -0.4 is 5.32 Å². The number of rotatable bonds is 3. The lowest BCUT2D eigenvalue weighted by Crippen LogP contribution is -2.10. The first kappa shape index (κ1) is 11.8. The predicted octanol–water partition coefficient (Wildman–Crippen LogP) is 2.07. The largest absolute Gasteiger partial charge is 0.453 e. The fraction of sp³-hybridized carbons (Fsp3) is 0.0833. The highest BCUT2D eigenvalue weighted by atomic mass is 16.5. The topological polar surface area (TPSA) is 84.1 Å². The van der Waals surface area contributed by atoms with Crippen LogP contribution in [-0.2, 0) is 4.74 Å². The van der Waals surface area contributed by atoms with E-state index in [2.05, 4.69) is 20.3 Å². The number of nitrogens with zero attached hydrogens (tertiary/aromatic N) is 1. The first-order valence-corrected chi connectivity index (χ1v) is 5.19. The summed E-state index contributed by atoms with van der Waals surface area (Å²) in [5, 5.41) is 9.16. The van der Waals surface area contributed by atoms with Crippen LogP contribution >= 0.6 is 0 Å². The predicted molar refractivity (Wildman–Crippen MR) is 65.4 cm³/mol. The molecule has 2 N–H and O–H groups in total. The molecule has 0 atom stereocenters. The van der Waals surface area contributed by atoms with Crippen LogP contribution in [0.5, 0.6) is 0 Å². The van der Waals surface area contributed by atoms with E-state index in [0.29, 0.717) is 16.9 Å². The third kappa shape index (κ3) is 2.37. The summed E-state index contributed by atoms with van der Waals surface area (Å²) in [7, 11) is 1.30. The monoisotopic (exact) mass is 245 g/mol. The van der Waals surface area contributed by atoms with Crippen molar-refractivity contribution < 1.29 is 14.3 Å². The number of hydrogen-bond acceptors (Lipinski definition) is 4. The molecule has 1 aromatic heterocycles. The van der Waals surface area contributed by atoms with E-state index in [1.165, 1.54) is 13.3 Å². The van der Waals surface area contributed by atoms with Crippen molar-refractivity contribution in [2.75, 3.05) is 12.4 Å². The summed E-state index contributed by atoms with van der Waals surface area (Å²) in [6.07, 6.45) is 1.73. The van der Waals surface area contributed by atoms with Gasteiger partial charge in [-0.2, -0.15) is 5.10 Å². The molecule has 0 aliphatic heterocycles. The second-order valence-corrected chi connectivity index (χ2v) is 3.50. The van der Waals surface area contributed by atoms with Crippen molar-refractivity contribution in [3.63, 3.8) is 0 Å². The highest BCUT2D eigenvalue weighted by Gasteiger charge is 2.07. The average molecular weight is 245 g/mol. The second-order valence-electron chi connectivity index (χ2n) is 3.50. The van der Waals surface area contributed by atoms with Crippen molar-refractivity contribution in [1.82, 2.24) is 10.2 Å². The minimum Gasteiger partial charge on any atom is -0.453 e. The van der Waals surface area contributed by atoms with Crippen LogP contribution in [0.1, 0.15) is 10.4 Å². The number of hydrogen-bond donors (Lipinski definition) is 2. The molecule has 0 unspecified atom stereocenters. The van der Waals surface area contributed by atoms with Crippen LogP contribution in [0.25, 0.3) is 11.3 Å². The minimum atomic E-state index is -0.531. The number of nitrogens with one attached hydrogen (secondary N) is 2. The molecule has 2 rings (SSSR count). The molecule has 0 aliphatic rings. The van der Waals surface area contributed by atoms with Crippen LogP contribution in [0.4, 0.5) is 10.5 Å². The maximum atomic E-state index is 11.0. The van der Waals surface area contributed by atoms with Gasteiger partial charge in [0.1, 0.15) is 5.69 Å². The summed E-state index contributed by atoms with van der Waals surface area (Å²) >= 11 is 0. The normalized spacial score (nSPS) is 9.83. The number of aldehydes is 1. The Labute approximate surface area is 103 Å². The van der Waals surface area contributed by atoms with Gasteiger partial charge in [0.25, 0.3) is 0 Å². The molecule has 0 radical (unpaired) electrons. The van der Waals surface area contributed by atoms with Crippen LogP contribution in [0.3, 0.4) is 0 Å². The van der Waals surface area contributed by atoms with E-state index in [4.69, 9.17) is 0 Å². The number of methoxy groups -OCH3 is 1. The van der Waals surface area contributed by atoms with Gasteiger partial charge in [0.15, 0.2) is 6.29 Å². The fourth-order valence-corrected chi connectivity index (χ4v) is 1.50.